The molecule has 146 valence electrons. The van der Waals surface area contributed by atoms with E-state index >= 15 is 0 Å². The zero-order chi connectivity index (χ0) is 20.1. The maximum absolute atomic E-state index is 13.2. The molecule has 1 aliphatic heterocycles. The molecular formula is C25H24N2O2. The second-order valence-electron chi connectivity index (χ2n) is 7.29. The first-order valence-corrected chi connectivity index (χ1v) is 10.0. The number of benzene rings is 3. The molecule has 1 aliphatic rings. The van der Waals surface area contributed by atoms with E-state index < -0.39 is 6.04 Å². The van der Waals surface area contributed by atoms with Crippen molar-refractivity contribution >= 4 is 17.5 Å². The van der Waals surface area contributed by atoms with Crippen molar-refractivity contribution in [1.82, 2.24) is 4.90 Å². The molecule has 3 aromatic rings. The molecule has 1 fully saturated rings. The lowest BCUT2D eigenvalue weighted by Gasteiger charge is -2.34. The van der Waals surface area contributed by atoms with Gasteiger partial charge < -0.3 is 10.2 Å². The largest absolute Gasteiger partial charge is 0.327 e. The van der Waals surface area contributed by atoms with Gasteiger partial charge in [-0.15, -0.1) is 0 Å². The monoisotopic (exact) mass is 384 g/mol. The molecule has 3 aromatic carbocycles. The van der Waals surface area contributed by atoms with Crippen molar-refractivity contribution in [3.63, 3.8) is 0 Å². The Morgan fingerprint density at radius 1 is 0.793 bits per heavy atom. The summed E-state index contributed by atoms with van der Waals surface area (Å²) in [5.41, 5.74) is 3.78. The van der Waals surface area contributed by atoms with E-state index in [-0.39, 0.29) is 11.8 Å². The number of hydrogen-bond donors (Lipinski definition) is 1. The first-order valence-electron chi connectivity index (χ1n) is 10.0. The van der Waals surface area contributed by atoms with Crippen LogP contribution in [0, 0.1) is 0 Å². The highest BCUT2D eigenvalue weighted by Gasteiger charge is 2.32. The summed E-state index contributed by atoms with van der Waals surface area (Å²) < 4.78 is 0. The topological polar surface area (TPSA) is 49.4 Å². The van der Waals surface area contributed by atoms with E-state index in [0.717, 1.165) is 35.2 Å². The lowest BCUT2D eigenvalue weighted by molar-refractivity contribution is -0.141. The quantitative estimate of drug-likeness (QED) is 0.669. The van der Waals surface area contributed by atoms with Gasteiger partial charge in [0.05, 0.1) is 0 Å². The van der Waals surface area contributed by atoms with Crippen molar-refractivity contribution in [1.29, 1.82) is 0 Å². The van der Waals surface area contributed by atoms with Crippen molar-refractivity contribution in [2.45, 2.75) is 25.3 Å². The average Bonchev–Trinajstić information content (AvgIpc) is 2.77. The molecule has 0 radical (unpaired) electrons. The summed E-state index contributed by atoms with van der Waals surface area (Å²) in [5, 5.41) is 3.00. The minimum Gasteiger partial charge on any atom is -0.327 e. The number of rotatable bonds is 5. The molecule has 0 saturated carbocycles. The van der Waals surface area contributed by atoms with Crippen molar-refractivity contribution in [3.05, 3.63) is 90.5 Å². The Bertz CT molecular complexity index is 969. The van der Waals surface area contributed by atoms with Crippen LogP contribution in [0.15, 0.2) is 84.9 Å². The molecular weight excluding hydrogens is 360 g/mol. The van der Waals surface area contributed by atoms with E-state index in [2.05, 4.69) is 17.4 Å². The first kappa shape index (κ1) is 18.9. The van der Waals surface area contributed by atoms with Crippen molar-refractivity contribution < 1.29 is 9.59 Å². The Hall–Kier alpha value is -3.40. The van der Waals surface area contributed by atoms with Crippen molar-refractivity contribution in [3.8, 4) is 11.1 Å². The summed E-state index contributed by atoms with van der Waals surface area (Å²) >= 11 is 0. The van der Waals surface area contributed by atoms with Crippen LogP contribution in [0.3, 0.4) is 0 Å². The highest BCUT2D eigenvalue weighted by atomic mass is 16.2. The molecule has 0 aromatic heterocycles. The second-order valence-corrected chi connectivity index (χ2v) is 7.29. The molecule has 2 amide bonds. The molecule has 1 atom stereocenters. The molecule has 4 rings (SSSR count). The molecule has 0 bridgehead atoms. The van der Waals surface area contributed by atoms with Gasteiger partial charge >= 0.3 is 0 Å². The van der Waals surface area contributed by atoms with Gasteiger partial charge in [-0.05, 0) is 41.7 Å². The highest BCUT2D eigenvalue weighted by molar-refractivity contribution is 5.98. The Morgan fingerprint density at radius 3 is 2.07 bits per heavy atom. The lowest BCUT2D eigenvalue weighted by atomic mass is 10.00. The third-order valence-corrected chi connectivity index (χ3v) is 5.29. The number of nitrogens with one attached hydrogen (secondary N) is 1. The summed E-state index contributed by atoms with van der Waals surface area (Å²) in [6.07, 6.45) is 2.32. The van der Waals surface area contributed by atoms with Crippen LogP contribution in [-0.4, -0.2) is 23.3 Å². The Labute approximate surface area is 171 Å². The van der Waals surface area contributed by atoms with E-state index in [4.69, 9.17) is 0 Å². The zero-order valence-corrected chi connectivity index (χ0v) is 16.3. The number of piperidine rings is 1. The van der Waals surface area contributed by atoms with Crippen LogP contribution in [-0.2, 0) is 9.59 Å². The first-order chi connectivity index (χ1) is 14.2. The van der Waals surface area contributed by atoms with Gasteiger partial charge in [0.2, 0.25) is 5.91 Å². The predicted molar refractivity (Wildman–Crippen MR) is 115 cm³/mol. The van der Waals surface area contributed by atoms with Crippen LogP contribution in [0.5, 0.6) is 0 Å². The van der Waals surface area contributed by atoms with Gasteiger partial charge in [0, 0.05) is 18.7 Å². The fourth-order valence-corrected chi connectivity index (χ4v) is 3.80. The van der Waals surface area contributed by atoms with Gasteiger partial charge in [0.1, 0.15) is 6.04 Å². The molecule has 1 saturated heterocycles. The van der Waals surface area contributed by atoms with Gasteiger partial charge in [-0.1, -0.05) is 72.8 Å². The molecule has 1 heterocycles. The molecule has 1 N–H and O–H groups in total. The zero-order valence-electron chi connectivity index (χ0n) is 16.3. The molecule has 4 nitrogen and oxygen atoms in total. The lowest BCUT2D eigenvalue weighted by Crippen LogP contribution is -2.43. The minimum atomic E-state index is -0.613. The number of anilines is 1. The summed E-state index contributed by atoms with van der Waals surface area (Å²) in [6, 6.07) is 26.8. The summed E-state index contributed by atoms with van der Waals surface area (Å²) in [4.78, 5) is 27.4. The summed E-state index contributed by atoms with van der Waals surface area (Å²) in [6.45, 7) is 0.610. The number of likely N-dealkylation sites (tertiary alicyclic amines) is 1. The smallest absolute Gasteiger partial charge is 0.251 e. The number of amides is 2. The van der Waals surface area contributed by atoms with E-state index in [1.54, 1.807) is 4.90 Å². The standard InChI is InChI=1S/C25H24N2O2/c28-23-13-7-8-18-27(23)24(21-11-5-2-6-12-21)25(29)26-22-16-14-20(15-17-22)19-9-3-1-4-10-19/h1-6,9-12,14-17,24H,7-8,13,18H2,(H,26,29). The van der Waals surface area contributed by atoms with Crippen LogP contribution in [0.1, 0.15) is 30.9 Å². The third kappa shape index (κ3) is 4.37. The van der Waals surface area contributed by atoms with E-state index in [9.17, 15) is 9.59 Å². The van der Waals surface area contributed by atoms with Gasteiger partial charge in [-0.25, -0.2) is 0 Å². The van der Waals surface area contributed by atoms with Crippen molar-refractivity contribution in [2.24, 2.45) is 0 Å². The predicted octanol–water partition coefficient (Wildman–Crippen LogP) is 5.05. The summed E-state index contributed by atoms with van der Waals surface area (Å²) in [5.74, 6) is -0.140. The van der Waals surface area contributed by atoms with Crippen LogP contribution >= 0.6 is 0 Å². The van der Waals surface area contributed by atoms with Crippen molar-refractivity contribution in [2.75, 3.05) is 11.9 Å². The van der Waals surface area contributed by atoms with Gasteiger partial charge in [-0.3, -0.25) is 9.59 Å². The number of nitrogens with zero attached hydrogens (tertiary/aromatic N) is 1. The van der Waals surface area contributed by atoms with Crippen LogP contribution in [0.25, 0.3) is 11.1 Å². The van der Waals surface area contributed by atoms with E-state index in [0.29, 0.717) is 13.0 Å². The van der Waals surface area contributed by atoms with Gasteiger partial charge in [0.15, 0.2) is 0 Å². The van der Waals surface area contributed by atoms with Gasteiger partial charge in [-0.2, -0.15) is 0 Å². The molecule has 0 aliphatic carbocycles. The average molecular weight is 384 g/mol. The molecule has 0 spiro atoms. The normalized spacial score (nSPS) is 15.0. The Balaban J connectivity index is 1.56. The summed E-state index contributed by atoms with van der Waals surface area (Å²) in [7, 11) is 0. The highest BCUT2D eigenvalue weighted by Crippen LogP contribution is 2.28. The number of hydrogen-bond acceptors (Lipinski definition) is 2. The fourth-order valence-electron chi connectivity index (χ4n) is 3.80. The van der Waals surface area contributed by atoms with Crippen LogP contribution in [0.4, 0.5) is 5.69 Å². The van der Waals surface area contributed by atoms with E-state index in [1.165, 1.54) is 0 Å². The maximum Gasteiger partial charge on any atom is 0.251 e. The minimum absolute atomic E-state index is 0.0414. The number of carbonyl (C=O) groups is 2. The SMILES string of the molecule is O=C(Nc1ccc(-c2ccccc2)cc1)C(c1ccccc1)N1CCCCC1=O. The van der Waals surface area contributed by atoms with E-state index in [1.807, 2.05) is 72.8 Å². The maximum atomic E-state index is 13.2. The third-order valence-electron chi connectivity index (χ3n) is 5.29. The number of carbonyl (C=O) groups excluding carboxylic acids is 2. The second kappa shape index (κ2) is 8.74. The van der Waals surface area contributed by atoms with Crippen LogP contribution < -0.4 is 5.32 Å². The fraction of sp³-hybridized carbons (Fsp3) is 0.200. The van der Waals surface area contributed by atoms with Crippen LogP contribution in [0.2, 0.25) is 0 Å². The molecule has 29 heavy (non-hydrogen) atoms. The van der Waals surface area contributed by atoms with Gasteiger partial charge in [0.25, 0.3) is 5.91 Å². The molecule has 1 unspecified atom stereocenters. The Morgan fingerprint density at radius 2 is 1.41 bits per heavy atom. The molecule has 4 heteroatoms. The Kier molecular flexibility index (Phi) is 5.71.